The number of aromatic nitrogens is 1. The minimum absolute atomic E-state index is 0.00165. The van der Waals surface area contributed by atoms with Crippen LogP contribution in [-0.4, -0.2) is 47.6 Å². The van der Waals surface area contributed by atoms with E-state index in [9.17, 15) is 9.59 Å². The third-order valence-corrected chi connectivity index (χ3v) is 4.74. The number of urea groups is 1. The number of carbonyl (C=O) groups is 2. The molecule has 1 saturated heterocycles. The fraction of sp³-hybridized carbons (Fsp3) is 0.350. The fourth-order valence-corrected chi connectivity index (χ4v) is 3.31. The van der Waals surface area contributed by atoms with Gasteiger partial charge in [0.25, 0.3) is 5.91 Å². The molecule has 2 aliphatic rings. The molecule has 3 heterocycles. The standard InChI is InChI=1S/C20H22N4O4/c25-19-13-28-18-9-15(5-6-17(18)23-19)22-20(26)24-8-2-4-16(11-24)27-12-14-3-1-7-21-10-14/h1,3,5-7,9-10,16H,2,4,8,11-13H2,(H,22,26)(H,23,25). The molecule has 2 aromatic rings. The second-order valence-corrected chi connectivity index (χ2v) is 6.86. The van der Waals surface area contributed by atoms with E-state index in [1.54, 1.807) is 35.5 Å². The van der Waals surface area contributed by atoms with Crippen molar-refractivity contribution in [2.75, 3.05) is 30.3 Å². The van der Waals surface area contributed by atoms with Crippen LogP contribution in [0, 0.1) is 0 Å². The molecule has 1 fully saturated rings. The van der Waals surface area contributed by atoms with Gasteiger partial charge >= 0.3 is 6.03 Å². The summed E-state index contributed by atoms with van der Waals surface area (Å²) < 4.78 is 11.4. The molecule has 1 atom stereocenters. The Bertz CT molecular complexity index is 859. The molecular formula is C20H22N4O4. The minimum Gasteiger partial charge on any atom is -0.482 e. The number of likely N-dealkylation sites (tertiary alicyclic amines) is 1. The monoisotopic (exact) mass is 382 g/mol. The smallest absolute Gasteiger partial charge is 0.321 e. The molecule has 28 heavy (non-hydrogen) atoms. The van der Waals surface area contributed by atoms with E-state index in [4.69, 9.17) is 9.47 Å². The zero-order valence-corrected chi connectivity index (χ0v) is 15.4. The molecule has 3 amide bonds. The number of pyridine rings is 1. The summed E-state index contributed by atoms with van der Waals surface area (Å²) in [6.07, 6.45) is 5.34. The summed E-state index contributed by atoms with van der Waals surface area (Å²) in [7, 11) is 0. The van der Waals surface area contributed by atoms with Gasteiger partial charge in [-0.2, -0.15) is 0 Å². The Morgan fingerprint density at radius 1 is 1.39 bits per heavy atom. The number of anilines is 2. The lowest BCUT2D eigenvalue weighted by Crippen LogP contribution is -2.45. The first-order chi connectivity index (χ1) is 13.7. The van der Waals surface area contributed by atoms with Crippen LogP contribution in [-0.2, 0) is 16.1 Å². The molecule has 1 aromatic carbocycles. The first kappa shape index (κ1) is 18.2. The molecule has 2 N–H and O–H groups in total. The number of amides is 3. The topological polar surface area (TPSA) is 92.8 Å². The van der Waals surface area contributed by atoms with E-state index >= 15 is 0 Å². The van der Waals surface area contributed by atoms with Crippen LogP contribution in [0.15, 0.2) is 42.7 Å². The van der Waals surface area contributed by atoms with Gasteiger partial charge in [0.2, 0.25) is 0 Å². The van der Waals surface area contributed by atoms with Gasteiger partial charge in [-0.05, 0) is 36.6 Å². The van der Waals surface area contributed by atoms with Gasteiger partial charge in [-0.1, -0.05) is 6.07 Å². The predicted octanol–water partition coefficient (Wildman–Crippen LogP) is 2.63. The fourth-order valence-electron chi connectivity index (χ4n) is 3.31. The molecule has 0 saturated carbocycles. The van der Waals surface area contributed by atoms with E-state index < -0.39 is 0 Å². The zero-order valence-electron chi connectivity index (χ0n) is 15.4. The number of hydrogen-bond donors (Lipinski definition) is 2. The van der Waals surface area contributed by atoms with Crippen molar-refractivity contribution in [1.82, 2.24) is 9.88 Å². The quantitative estimate of drug-likeness (QED) is 0.848. The number of ether oxygens (including phenoxy) is 2. The maximum atomic E-state index is 12.6. The van der Waals surface area contributed by atoms with Crippen molar-refractivity contribution >= 4 is 23.3 Å². The van der Waals surface area contributed by atoms with Gasteiger partial charge < -0.3 is 25.0 Å². The van der Waals surface area contributed by atoms with E-state index in [2.05, 4.69) is 15.6 Å². The average molecular weight is 382 g/mol. The van der Waals surface area contributed by atoms with Gasteiger partial charge in [-0.3, -0.25) is 9.78 Å². The largest absolute Gasteiger partial charge is 0.482 e. The highest BCUT2D eigenvalue weighted by molar-refractivity contribution is 5.96. The Labute approximate surface area is 162 Å². The Morgan fingerprint density at radius 2 is 2.32 bits per heavy atom. The van der Waals surface area contributed by atoms with Crippen molar-refractivity contribution in [3.05, 3.63) is 48.3 Å². The molecule has 0 radical (unpaired) electrons. The van der Waals surface area contributed by atoms with Crippen LogP contribution in [0.3, 0.4) is 0 Å². The Balaban J connectivity index is 1.32. The Kier molecular flexibility index (Phi) is 5.38. The summed E-state index contributed by atoms with van der Waals surface area (Å²) in [5.41, 5.74) is 2.25. The molecule has 2 aliphatic heterocycles. The molecule has 0 aliphatic carbocycles. The van der Waals surface area contributed by atoms with Gasteiger partial charge in [0, 0.05) is 37.2 Å². The van der Waals surface area contributed by atoms with E-state index in [0.29, 0.717) is 36.8 Å². The van der Waals surface area contributed by atoms with Crippen LogP contribution < -0.4 is 15.4 Å². The van der Waals surface area contributed by atoms with Crippen LogP contribution in [0.2, 0.25) is 0 Å². The maximum absolute atomic E-state index is 12.6. The third-order valence-electron chi connectivity index (χ3n) is 4.74. The van der Waals surface area contributed by atoms with Crippen LogP contribution in [0.5, 0.6) is 5.75 Å². The van der Waals surface area contributed by atoms with E-state index in [-0.39, 0.29) is 24.6 Å². The maximum Gasteiger partial charge on any atom is 0.321 e. The third kappa shape index (κ3) is 4.40. The molecule has 146 valence electrons. The number of nitrogens with one attached hydrogen (secondary N) is 2. The predicted molar refractivity (Wildman–Crippen MR) is 103 cm³/mol. The van der Waals surface area contributed by atoms with Crippen LogP contribution >= 0.6 is 0 Å². The molecule has 4 rings (SSSR count). The number of carbonyl (C=O) groups excluding carboxylic acids is 2. The highest BCUT2D eigenvalue weighted by atomic mass is 16.5. The number of fused-ring (bicyclic) bond motifs is 1. The van der Waals surface area contributed by atoms with Gasteiger partial charge in [-0.25, -0.2) is 4.79 Å². The van der Waals surface area contributed by atoms with Gasteiger partial charge in [-0.15, -0.1) is 0 Å². The van der Waals surface area contributed by atoms with Crippen molar-refractivity contribution in [2.45, 2.75) is 25.6 Å². The lowest BCUT2D eigenvalue weighted by atomic mass is 10.1. The molecule has 0 spiro atoms. The zero-order chi connectivity index (χ0) is 19.3. The number of benzene rings is 1. The molecule has 1 unspecified atom stereocenters. The van der Waals surface area contributed by atoms with Crippen molar-refractivity contribution in [3.63, 3.8) is 0 Å². The van der Waals surface area contributed by atoms with E-state index in [0.717, 1.165) is 18.4 Å². The second kappa shape index (κ2) is 8.26. The average Bonchev–Trinajstić information content (AvgIpc) is 2.73. The lowest BCUT2D eigenvalue weighted by Gasteiger charge is -2.32. The van der Waals surface area contributed by atoms with Crippen LogP contribution in [0.25, 0.3) is 0 Å². The summed E-state index contributed by atoms with van der Waals surface area (Å²) in [5, 5.41) is 5.63. The van der Waals surface area contributed by atoms with Gasteiger partial charge in [0.05, 0.1) is 18.4 Å². The summed E-state index contributed by atoms with van der Waals surface area (Å²) in [4.78, 5) is 29.8. The van der Waals surface area contributed by atoms with Crippen molar-refractivity contribution in [2.24, 2.45) is 0 Å². The molecule has 8 heteroatoms. The minimum atomic E-state index is -0.185. The summed E-state index contributed by atoms with van der Waals surface area (Å²) >= 11 is 0. The molecule has 8 nitrogen and oxygen atoms in total. The van der Waals surface area contributed by atoms with Crippen LogP contribution in [0.1, 0.15) is 18.4 Å². The highest BCUT2D eigenvalue weighted by Gasteiger charge is 2.25. The SMILES string of the molecule is O=C1COc2cc(NC(=O)N3CCCC(OCc4cccnc4)C3)ccc2N1. The lowest BCUT2D eigenvalue weighted by molar-refractivity contribution is -0.118. The van der Waals surface area contributed by atoms with Crippen LogP contribution in [0.4, 0.5) is 16.2 Å². The molecule has 0 bridgehead atoms. The van der Waals surface area contributed by atoms with Gasteiger partial charge in [0.1, 0.15) is 5.75 Å². The van der Waals surface area contributed by atoms with Crippen molar-refractivity contribution in [1.29, 1.82) is 0 Å². The number of nitrogens with zero attached hydrogens (tertiary/aromatic N) is 2. The Hall–Kier alpha value is -3.13. The van der Waals surface area contributed by atoms with Crippen molar-refractivity contribution in [3.8, 4) is 5.75 Å². The summed E-state index contributed by atoms with van der Waals surface area (Å²) in [5.74, 6) is 0.364. The molecular weight excluding hydrogens is 360 g/mol. The number of hydrogen-bond acceptors (Lipinski definition) is 5. The highest BCUT2D eigenvalue weighted by Crippen LogP contribution is 2.30. The van der Waals surface area contributed by atoms with Crippen molar-refractivity contribution < 1.29 is 19.1 Å². The first-order valence-electron chi connectivity index (χ1n) is 9.30. The second-order valence-electron chi connectivity index (χ2n) is 6.86. The van der Waals surface area contributed by atoms with E-state index in [1.807, 2.05) is 12.1 Å². The first-order valence-corrected chi connectivity index (χ1v) is 9.30. The molecule has 1 aromatic heterocycles. The van der Waals surface area contributed by atoms with Gasteiger partial charge in [0.15, 0.2) is 6.61 Å². The normalized spacial score (nSPS) is 18.6. The van der Waals surface area contributed by atoms with E-state index in [1.165, 1.54) is 0 Å². The summed E-state index contributed by atoms with van der Waals surface area (Å²) in [6, 6.07) is 8.86. The summed E-state index contributed by atoms with van der Waals surface area (Å²) in [6.45, 7) is 1.70. The number of rotatable bonds is 4. The Morgan fingerprint density at radius 3 is 3.18 bits per heavy atom. The number of piperidine rings is 1.